The predicted molar refractivity (Wildman–Crippen MR) is 142 cm³/mol. The van der Waals surface area contributed by atoms with E-state index < -0.39 is 30.3 Å². The van der Waals surface area contributed by atoms with Crippen molar-refractivity contribution in [3.63, 3.8) is 0 Å². The number of carbonyl (C=O) groups is 4. The van der Waals surface area contributed by atoms with Crippen LogP contribution in [0.4, 0.5) is 10.8 Å². The normalized spacial score (nSPS) is 12.3. The number of nitrogens with one attached hydrogen (secondary N) is 1. The summed E-state index contributed by atoms with van der Waals surface area (Å²) in [6, 6.07) is 18.1. The van der Waals surface area contributed by atoms with E-state index in [-0.39, 0.29) is 21.8 Å². The number of esters is 1. The number of aryl methyl sites for hydroxylation is 1. The van der Waals surface area contributed by atoms with Gasteiger partial charge in [0.1, 0.15) is 16.5 Å². The number of hydrogen-bond acceptors (Lipinski definition) is 9. The molecule has 0 aliphatic carbocycles. The monoisotopic (exact) mass is 592 g/mol. The Morgan fingerprint density at radius 1 is 0.921 bits per heavy atom. The van der Waals surface area contributed by atoms with Gasteiger partial charge in [-0.1, -0.05) is 27.3 Å². The van der Waals surface area contributed by atoms with Crippen LogP contribution in [0, 0.1) is 6.92 Å². The average Bonchev–Trinajstić information content (AvgIpc) is 3.44. The van der Waals surface area contributed by atoms with Crippen molar-refractivity contribution in [3.8, 4) is 11.5 Å². The molecule has 1 aromatic heterocycles. The maximum atomic E-state index is 12.8. The van der Waals surface area contributed by atoms with Crippen LogP contribution < -0.4 is 15.0 Å². The molecule has 190 valence electrons. The Morgan fingerprint density at radius 3 is 2.24 bits per heavy atom. The molecule has 0 fully saturated rings. The quantitative estimate of drug-likeness (QED) is 0.234. The average molecular weight is 593 g/mol. The Balaban J connectivity index is 1.17. The molecule has 1 aliphatic heterocycles. The van der Waals surface area contributed by atoms with Crippen molar-refractivity contribution in [2.24, 2.45) is 0 Å². The number of amides is 3. The number of hydrogen-bond donors (Lipinski definition) is 1. The van der Waals surface area contributed by atoms with Gasteiger partial charge in [0, 0.05) is 10.2 Å². The minimum atomic E-state index is -0.813. The molecule has 3 amide bonds. The maximum Gasteiger partial charge on any atom is 0.338 e. The van der Waals surface area contributed by atoms with Crippen molar-refractivity contribution in [1.82, 2.24) is 10.2 Å². The van der Waals surface area contributed by atoms with Gasteiger partial charge >= 0.3 is 5.97 Å². The van der Waals surface area contributed by atoms with E-state index in [1.165, 1.54) is 18.2 Å². The first kappa shape index (κ1) is 25.2. The summed E-state index contributed by atoms with van der Waals surface area (Å²) in [5.41, 5.74) is 0.710. The molecule has 0 bridgehead atoms. The molecule has 12 heteroatoms. The van der Waals surface area contributed by atoms with Gasteiger partial charge in [-0.3, -0.25) is 14.4 Å². The molecule has 0 atom stereocenters. The van der Waals surface area contributed by atoms with Crippen LogP contribution in [0.15, 0.2) is 71.2 Å². The lowest BCUT2D eigenvalue weighted by Gasteiger charge is -2.09. The molecule has 38 heavy (non-hydrogen) atoms. The largest absolute Gasteiger partial charge is 0.457 e. The fourth-order valence-corrected chi connectivity index (χ4v) is 4.52. The molecule has 5 rings (SSSR count). The van der Waals surface area contributed by atoms with E-state index in [0.29, 0.717) is 22.2 Å². The fourth-order valence-electron chi connectivity index (χ4n) is 3.57. The number of ether oxygens (including phenoxy) is 2. The van der Waals surface area contributed by atoms with E-state index >= 15 is 0 Å². The van der Waals surface area contributed by atoms with Crippen LogP contribution in [0.5, 0.6) is 11.5 Å². The Labute approximate surface area is 228 Å². The van der Waals surface area contributed by atoms with Crippen molar-refractivity contribution in [2.45, 2.75) is 6.92 Å². The number of anilines is 2. The van der Waals surface area contributed by atoms with Gasteiger partial charge in [0.25, 0.3) is 17.7 Å². The third kappa shape index (κ3) is 5.31. The van der Waals surface area contributed by atoms with Gasteiger partial charge < -0.3 is 14.8 Å². The Bertz CT molecular complexity index is 1570. The third-order valence-electron chi connectivity index (χ3n) is 5.35. The second kappa shape index (κ2) is 10.5. The summed E-state index contributed by atoms with van der Waals surface area (Å²) in [4.78, 5) is 51.2. The van der Waals surface area contributed by atoms with Crippen LogP contribution in [-0.2, 0) is 9.53 Å². The smallest absolute Gasteiger partial charge is 0.338 e. The highest BCUT2D eigenvalue weighted by Gasteiger charge is 2.39. The molecule has 0 unspecified atom stereocenters. The SMILES string of the molecule is Cc1nnc(N2C(=O)c3ccc(C(=O)OCC(=O)Nc4ccc(Oc5ccc(Br)cc5)cc4)cc3C2=O)s1. The molecular formula is C26H17BrN4O6S. The Kier molecular flexibility index (Phi) is 6.99. The summed E-state index contributed by atoms with van der Waals surface area (Å²) in [7, 11) is 0. The van der Waals surface area contributed by atoms with Crippen molar-refractivity contribution in [2.75, 3.05) is 16.8 Å². The zero-order valence-electron chi connectivity index (χ0n) is 19.6. The van der Waals surface area contributed by atoms with Gasteiger partial charge in [-0.2, -0.15) is 0 Å². The topological polar surface area (TPSA) is 128 Å². The fraction of sp³-hybridized carbons (Fsp3) is 0.0769. The van der Waals surface area contributed by atoms with Crippen LogP contribution in [0.1, 0.15) is 36.1 Å². The third-order valence-corrected chi connectivity index (χ3v) is 6.70. The van der Waals surface area contributed by atoms with Crippen LogP contribution in [0.2, 0.25) is 0 Å². The van der Waals surface area contributed by atoms with Gasteiger partial charge in [-0.15, -0.1) is 10.2 Å². The highest BCUT2D eigenvalue weighted by Crippen LogP contribution is 2.31. The highest BCUT2D eigenvalue weighted by atomic mass is 79.9. The van der Waals surface area contributed by atoms with Crippen LogP contribution in [0.3, 0.4) is 0 Å². The van der Waals surface area contributed by atoms with Gasteiger partial charge in [-0.05, 0) is 73.7 Å². The molecule has 0 saturated heterocycles. The van der Waals surface area contributed by atoms with Crippen LogP contribution in [-0.4, -0.2) is 40.5 Å². The number of halogens is 1. The summed E-state index contributed by atoms with van der Waals surface area (Å²) in [5, 5.41) is 11.1. The van der Waals surface area contributed by atoms with Crippen molar-refractivity contribution in [1.29, 1.82) is 0 Å². The number of rotatable bonds is 7. The molecular weight excluding hydrogens is 576 g/mol. The summed E-state index contributed by atoms with van der Waals surface area (Å²) < 4.78 is 11.8. The minimum absolute atomic E-state index is 0.0300. The van der Waals surface area contributed by atoms with E-state index in [2.05, 4.69) is 31.4 Å². The molecule has 1 N–H and O–H groups in total. The highest BCUT2D eigenvalue weighted by molar-refractivity contribution is 9.10. The standard InChI is InChI=1S/C26H17BrN4O6S/c1-14-29-30-26(38-14)31-23(33)20-11-2-15(12-21(20)24(31)34)25(35)36-13-22(32)28-17-5-9-19(10-6-17)37-18-7-3-16(27)4-8-18/h2-12H,13H2,1H3,(H,28,32). The zero-order chi connectivity index (χ0) is 26.8. The van der Waals surface area contributed by atoms with Crippen molar-refractivity contribution >= 4 is 61.8 Å². The lowest BCUT2D eigenvalue weighted by molar-refractivity contribution is -0.119. The number of benzene rings is 3. The lowest BCUT2D eigenvalue weighted by atomic mass is 10.1. The van der Waals surface area contributed by atoms with E-state index in [1.807, 2.05) is 24.3 Å². The molecule has 3 aromatic carbocycles. The van der Waals surface area contributed by atoms with Gasteiger partial charge in [-0.25, -0.2) is 9.69 Å². The van der Waals surface area contributed by atoms with Crippen LogP contribution >= 0.6 is 27.3 Å². The van der Waals surface area contributed by atoms with Crippen molar-refractivity contribution < 1.29 is 28.7 Å². The Hall–Kier alpha value is -4.42. The van der Waals surface area contributed by atoms with Crippen LogP contribution in [0.25, 0.3) is 0 Å². The Morgan fingerprint density at radius 2 is 1.58 bits per heavy atom. The number of nitrogens with zero attached hydrogens (tertiary/aromatic N) is 3. The second-order valence-corrected chi connectivity index (χ2v) is 10.1. The number of carbonyl (C=O) groups excluding carboxylic acids is 4. The molecule has 4 aromatic rings. The predicted octanol–water partition coefficient (Wildman–Crippen LogP) is 5.00. The second-order valence-electron chi connectivity index (χ2n) is 8.01. The first-order valence-electron chi connectivity index (χ1n) is 11.1. The number of aromatic nitrogens is 2. The lowest BCUT2D eigenvalue weighted by Crippen LogP contribution is -2.29. The number of imide groups is 1. The molecule has 0 spiro atoms. The maximum absolute atomic E-state index is 12.8. The summed E-state index contributed by atoms with van der Waals surface area (Å²) >= 11 is 4.47. The molecule has 0 radical (unpaired) electrons. The molecule has 1 aliphatic rings. The molecule has 0 saturated carbocycles. The van der Waals surface area contributed by atoms with Crippen molar-refractivity contribution in [3.05, 3.63) is 92.9 Å². The first-order valence-corrected chi connectivity index (χ1v) is 12.7. The van der Waals surface area contributed by atoms with E-state index in [4.69, 9.17) is 9.47 Å². The number of fused-ring (bicyclic) bond motifs is 1. The van der Waals surface area contributed by atoms with Gasteiger partial charge in [0.15, 0.2) is 6.61 Å². The zero-order valence-corrected chi connectivity index (χ0v) is 22.0. The van der Waals surface area contributed by atoms with Gasteiger partial charge in [0.2, 0.25) is 5.13 Å². The minimum Gasteiger partial charge on any atom is -0.457 e. The summed E-state index contributed by atoms with van der Waals surface area (Å²) in [6.07, 6.45) is 0. The molecule has 10 nitrogen and oxygen atoms in total. The van der Waals surface area contributed by atoms with Gasteiger partial charge in [0.05, 0.1) is 16.7 Å². The van der Waals surface area contributed by atoms with E-state index in [0.717, 1.165) is 20.7 Å². The molecule has 2 heterocycles. The van der Waals surface area contributed by atoms with E-state index in [1.54, 1.807) is 31.2 Å². The van der Waals surface area contributed by atoms with E-state index in [9.17, 15) is 19.2 Å². The first-order chi connectivity index (χ1) is 18.3. The summed E-state index contributed by atoms with van der Waals surface area (Å²) in [5.74, 6) is -1.27. The summed E-state index contributed by atoms with van der Waals surface area (Å²) in [6.45, 7) is 1.16.